The number of amides is 2. The van der Waals surface area contributed by atoms with Gasteiger partial charge in [0.1, 0.15) is 0 Å². The Morgan fingerprint density at radius 2 is 2.00 bits per heavy atom. The molecule has 1 fully saturated rings. The number of aliphatic hydroxyl groups is 1. The van der Waals surface area contributed by atoms with Gasteiger partial charge >= 0.3 is 6.03 Å². The molecule has 0 aromatic heterocycles. The first-order chi connectivity index (χ1) is 13.5. The van der Waals surface area contributed by atoms with Crippen LogP contribution in [0, 0.1) is 5.41 Å². The van der Waals surface area contributed by atoms with Crippen LogP contribution < -0.4 is 21.3 Å². The minimum absolute atomic E-state index is 0. The van der Waals surface area contributed by atoms with E-state index in [0.717, 1.165) is 30.7 Å². The van der Waals surface area contributed by atoms with Crippen LogP contribution in [-0.4, -0.2) is 56.6 Å². The Balaban J connectivity index is 0.00000420. The lowest BCUT2D eigenvalue weighted by atomic mass is 9.84. The maximum absolute atomic E-state index is 11.7. The highest BCUT2D eigenvalue weighted by molar-refractivity contribution is 14.0. The number of nitrogens with one attached hydrogen (secondary N) is 4. The minimum atomic E-state index is -0.210. The Hall–Kier alpha value is -1.59. The van der Waals surface area contributed by atoms with Crippen LogP contribution in [0.1, 0.15) is 32.3 Å². The van der Waals surface area contributed by atoms with Crippen molar-refractivity contribution in [2.45, 2.75) is 39.3 Å². The van der Waals surface area contributed by atoms with Crippen LogP contribution in [0.25, 0.3) is 0 Å². The van der Waals surface area contributed by atoms with Crippen molar-refractivity contribution in [3.63, 3.8) is 0 Å². The summed E-state index contributed by atoms with van der Waals surface area (Å²) in [6, 6.07) is 7.55. The second kappa shape index (κ2) is 12.9. The Labute approximate surface area is 190 Å². The third-order valence-electron chi connectivity index (χ3n) is 4.77. The number of hydrogen-bond acceptors (Lipinski definition) is 4. The van der Waals surface area contributed by atoms with Gasteiger partial charge < -0.3 is 31.1 Å². The summed E-state index contributed by atoms with van der Waals surface area (Å²) in [6.07, 6.45) is 1.66. The van der Waals surface area contributed by atoms with Gasteiger partial charge in [0.25, 0.3) is 0 Å². The van der Waals surface area contributed by atoms with Crippen molar-refractivity contribution < 1.29 is 14.6 Å². The molecule has 5 N–H and O–H groups in total. The van der Waals surface area contributed by atoms with Gasteiger partial charge in [-0.15, -0.1) is 24.0 Å². The Kier molecular flexibility index (Phi) is 11.3. The molecule has 1 atom stereocenters. The predicted octanol–water partition coefficient (Wildman–Crippen LogP) is 2.29. The van der Waals surface area contributed by atoms with E-state index in [-0.39, 0.29) is 48.1 Å². The van der Waals surface area contributed by atoms with E-state index in [1.807, 2.05) is 38.1 Å². The average molecular weight is 519 g/mol. The minimum Gasteiger partial charge on any atom is -0.396 e. The maximum atomic E-state index is 11.7. The molecule has 0 bridgehead atoms. The summed E-state index contributed by atoms with van der Waals surface area (Å²) in [5.74, 6) is 0.711. The summed E-state index contributed by atoms with van der Waals surface area (Å²) in [5, 5.41) is 21.6. The van der Waals surface area contributed by atoms with Crippen molar-refractivity contribution in [2.24, 2.45) is 10.4 Å². The number of guanidine groups is 1. The van der Waals surface area contributed by atoms with E-state index in [9.17, 15) is 9.90 Å². The summed E-state index contributed by atoms with van der Waals surface area (Å²) in [5.41, 5.74) is 1.79. The molecule has 29 heavy (non-hydrogen) atoms. The molecule has 1 saturated heterocycles. The van der Waals surface area contributed by atoms with Crippen molar-refractivity contribution in [3.8, 4) is 0 Å². The molecule has 1 unspecified atom stereocenters. The Bertz CT molecular complexity index is 646. The van der Waals surface area contributed by atoms with Gasteiger partial charge in [0.05, 0.1) is 6.61 Å². The lowest BCUT2D eigenvalue weighted by Gasteiger charge is -2.27. The fourth-order valence-electron chi connectivity index (χ4n) is 3.12. The first kappa shape index (κ1) is 25.4. The number of carbonyl (C=O) groups excluding carboxylic acids is 1. The predicted molar refractivity (Wildman–Crippen MR) is 127 cm³/mol. The highest BCUT2D eigenvalue weighted by Gasteiger charge is 2.34. The van der Waals surface area contributed by atoms with Gasteiger partial charge in [-0.25, -0.2) is 4.79 Å². The summed E-state index contributed by atoms with van der Waals surface area (Å²) in [4.78, 5) is 16.0. The summed E-state index contributed by atoms with van der Waals surface area (Å²) in [7, 11) is 1.74. The molecule has 0 aliphatic carbocycles. The van der Waals surface area contributed by atoms with Crippen molar-refractivity contribution >= 4 is 41.7 Å². The van der Waals surface area contributed by atoms with Crippen LogP contribution >= 0.6 is 24.0 Å². The first-order valence-electron chi connectivity index (χ1n) is 9.76. The molecule has 1 aromatic carbocycles. The number of aliphatic imine (C=N–C) groups is 1. The van der Waals surface area contributed by atoms with Crippen molar-refractivity contribution in [3.05, 3.63) is 29.8 Å². The van der Waals surface area contributed by atoms with E-state index in [4.69, 9.17) is 4.74 Å². The molecule has 1 heterocycles. The fourth-order valence-corrected chi connectivity index (χ4v) is 3.12. The summed E-state index contributed by atoms with van der Waals surface area (Å²) in [6.45, 7) is 6.72. The largest absolute Gasteiger partial charge is 0.396 e. The molecule has 1 aliphatic rings. The molecule has 2 amide bonds. The van der Waals surface area contributed by atoms with Crippen LogP contribution in [0.5, 0.6) is 0 Å². The molecule has 164 valence electrons. The van der Waals surface area contributed by atoms with Crippen molar-refractivity contribution in [1.29, 1.82) is 0 Å². The molecule has 9 heteroatoms. The third-order valence-corrected chi connectivity index (χ3v) is 4.77. The second-order valence-electron chi connectivity index (χ2n) is 7.51. The molecule has 0 saturated carbocycles. The standard InChI is InChI=1S/C20H33N5O3.HI/c1-15(2)24-19(27)25-17-6-4-16(5-7-17)12-22-18(21-3)23-13-20(8-10-26)9-11-28-14-20;/h4-7,15,26H,8-14H2,1-3H3,(H2,21,22,23)(H2,24,25,27);1H. The maximum Gasteiger partial charge on any atom is 0.319 e. The lowest BCUT2D eigenvalue weighted by Crippen LogP contribution is -2.44. The number of nitrogens with zero attached hydrogens (tertiary/aromatic N) is 1. The van der Waals surface area contributed by atoms with Gasteiger partial charge in [-0.05, 0) is 44.4 Å². The van der Waals surface area contributed by atoms with Gasteiger partial charge in [-0.1, -0.05) is 12.1 Å². The molecule has 1 aliphatic heterocycles. The number of urea groups is 1. The van der Waals surface area contributed by atoms with Crippen LogP contribution in [0.2, 0.25) is 0 Å². The summed E-state index contributed by atoms with van der Waals surface area (Å²) < 4.78 is 5.52. The van der Waals surface area contributed by atoms with E-state index >= 15 is 0 Å². The van der Waals surface area contributed by atoms with E-state index in [0.29, 0.717) is 25.7 Å². The third kappa shape index (κ3) is 8.75. The zero-order valence-corrected chi connectivity index (χ0v) is 19.8. The van der Waals surface area contributed by atoms with Gasteiger partial charge in [-0.3, -0.25) is 4.99 Å². The molecular weight excluding hydrogens is 485 g/mol. The van der Waals surface area contributed by atoms with E-state index < -0.39 is 0 Å². The van der Waals surface area contributed by atoms with Crippen LogP contribution in [0.3, 0.4) is 0 Å². The fraction of sp³-hybridized carbons (Fsp3) is 0.600. The second-order valence-corrected chi connectivity index (χ2v) is 7.51. The molecule has 8 nitrogen and oxygen atoms in total. The van der Waals surface area contributed by atoms with Crippen molar-refractivity contribution in [2.75, 3.05) is 38.7 Å². The number of rotatable bonds is 8. The van der Waals surface area contributed by atoms with Crippen LogP contribution in [0.4, 0.5) is 10.5 Å². The number of anilines is 1. The number of hydrogen-bond donors (Lipinski definition) is 5. The smallest absolute Gasteiger partial charge is 0.319 e. The Morgan fingerprint density at radius 1 is 1.28 bits per heavy atom. The molecule has 0 spiro atoms. The van der Waals surface area contributed by atoms with Crippen LogP contribution in [0.15, 0.2) is 29.3 Å². The normalized spacial score (nSPS) is 18.9. The van der Waals surface area contributed by atoms with E-state index in [1.165, 1.54) is 0 Å². The average Bonchev–Trinajstić information content (AvgIpc) is 3.11. The van der Waals surface area contributed by atoms with Gasteiger partial charge in [0, 0.05) is 50.5 Å². The summed E-state index contributed by atoms with van der Waals surface area (Å²) >= 11 is 0. The number of halogens is 1. The quantitative estimate of drug-likeness (QED) is 0.206. The van der Waals surface area contributed by atoms with Crippen molar-refractivity contribution in [1.82, 2.24) is 16.0 Å². The molecular formula is C20H34IN5O3. The zero-order chi connectivity index (χ0) is 20.4. The monoisotopic (exact) mass is 519 g/mol. The van der Waals surface area contributed by atoms with Gasteiger partial charge in [0.2, 0.25) is 0 Å². The SMILES string of the molecule is CN=C(NCc1ccc(NC(=O)NC(C)C)cc1)NCC1(CCO)CCOC1.I. The molecule has 2 rings (SSSR count). The topological polar surface area (TPSA) is 107 Å². The number of carbonyl (C=O) groups is 1. The molecule has 1 aromatic rings. The van der Waals surface area contributed by atoms with E-state index in [1.54, 1.807) is 7.05 Å². The van der Waals surface area contributed by atoms with Gasteiger partial charge in [0.15, 0.2) is 5.96 Å². The number of aliphatic hydroxyl groups excluding tert-OH is 1. The number of benzene rings is 1. The highest BCUT2D eigenvalue weighted by atomic mass is 127. The first-order valence-corrected chi connectivity index (χ1v) is 9.76. The lowest BCUT2D eigenvalue weighted by molar-refractivity contribution is 0.127. The van der Waals surface area contributed by atoms with Gasteiger partial charge in [-0.2, -0.15) is 0 Å². The highest BCUT2D eigenvalue weighted by Crippen LogP contribution is 2.31. The van der Waals surface area contributed by atoms with Crippen LogP contribution in [-0.2, 0) is 11.3 Å². The van der Waals surface area contributed by atoms with E-state index in [2.05, 4.69) is 26.3 Å². The zero-order valence-electron chi connectivity index (χ0n) is 17.5. The Morgan fingerprint density at radius 3 is 2.55 bits per heavy atom. The molecule has 0 radical (unpaired) electrons. The number of ether oxygens (including phenoxy) is 1.